The van der Waals surface area contributed by atoms with Gasteiger partial charge in [0.1, 0.15) is 11.5 Å². The predicted molar refractivity (Wildman–Crippen MR) is 84.3 cm³/mol. The standard InChI is InChI=1S/C14H12Cl2N4O/c1-2-5-17-14(21)12-7-19-13(8-18-12)20-11-4-3-9(15)6-10(11)16/h2-4,6-8H,1,5H2,(H,17,21)(H,19,20). The monoisotopic (exact) mass is 322 g/mol. The summed E-state index contributed by atoms with van der Waals surface area (Å²) in [5.74, 6) is 0.165. The number of nitrogens with one attached hydrogen (secondary N) is 2. The van der Waals surface area contributed by atoms with Gasteiger partial charge in [0.15, 0.2) is 0 Å². The molecule has 0 aliphatic heterocycles. The van der Waals surface area contributed by atoms with E-state index in [-0.39, 0.29) is 11.6 Å². The molecule has 0 atom stereocenters. The number of carbonyl (C=O) groups is 1. The van der Waals surface area contributed by atoms with E-state index in [4.69, 9.17) is 23.2 Å². The summed E-state index contributed by atoms with van der Waals surface area (Å²) < 4.78 is 0. The van der Waals surface area contributed by atoms with Crippen LogP contribution in [-0.4, -0.2) is 22.4 Å². The van der Waals surface area contributed by atoms with Gasteiger partial charge in [0.05, 0.1) is 23.1 Å². The maximum atomic E-state index is 11.6. The highest BCUT2D eigenvalue weighted by Crippen LogP contribution is 2.27. The molecule has 5 nitrogen and oxygen atoms in total. The molecule has 2 rings (SSSR count). The van der Waals surface area contributed by atoms with Crippen molar-refractivity contribution in [3.05, 3.63) is 59.0 Å². The summed E-state index contributed by atoms with van der Waals surface area (Å²) in [6, 6.07) is 5.06. The third kappa shape index (κ3) is 4.18. The molecule has 1 heterocycles. The molecular formula is C14H12Cl2N4O. The molecule has 2 N–H and O–H groups in total. The Morgan fingerprint density at radius 2 is 2.10 bits per heavy atom. The van der Waals surface area contributed by atoms with E-state index in [0.29, 0.717) is 28.1 Å². The van der Waals surface area contributed by atoms with Gasteiger partial charge in [-0.1, -0.05) is 29.3 Å². The molecule has 2 aromatic rings. The number of carbonyl (C=O) groups excluding carboxylic acids is 1. The molecule has 0 saturated carbocycles. The van der Waals surface area contributed by atoms with Crippen molar-refractivity contribution < 1.29 is 4.79 Å². The summed E-state index contributed by atoms with van der Waals surface area (Å²) in [6.07, 6.45) is 4.42. The number of halogens is 2. The quantitative estimate of drug-likeness (QED) is 0.827. The summed E-state index contributed by atoms with van der Waals surface area (Å²) in [4.78, 5) is 19.8. The van der Waals surface area contributed by atoms with Crippen LogP contribution >= 0.6 is 23.2 Å². The van der Waals surface area contributed by atoms with Gasteiger partial charge in [-0.15, -0.1) is 6.58 Å². The molecule has 0 aliphatic carbocycles. The Balaban J connectivity index is 2.08. The van der Waals surface area contributed by atoms with Gasteiger partial charge in [-0.25, -0.2) is 9.97 Å². The van der Waals surface area contributed by atoms with Crippen molar-refractivity contribution in [2.24, 2.45) is 0 Å². The highest BCUT2D eigenvalue weighted by Gasteiger charge is 2.07. The van der Waals surface area contributed by atoms with Gasteiger partial charge < -0.3 is 10.6 Å². The van der Waals surface area contributed by atoms with Crippen molar-refractivity contribution in [3.63, 3.8) is 0 Å². The number of rotatable bonds is 5. The van der Waals surface area contributed by atoms with E-state index in [2.05, 4.69) is 27.2 Å². The zero-order valence-electron chi connectivity index (χ0n) is 10.9. The van der Waals surface area contributed by atoms with Crippen LogP contribution in [0.1, 0.15) is 10.5 Å². The summed E-state index contributed by atoms with van der Waals surface area (Å²) in [5, 5.41) is 6.63. The number of hydrogen-bond donors (Lipinski definition) is 2. The highest BCUT2D eigenvalue weighted by atomic mass is 35.5. The average molecular weight is 323 g/mol. The number of nitrogens with zero attached hydrogens (tertiary/aromatic N) is 2. The third-order valence-electron chi connectivity index (χ3n) is 2.49. The lowest BCUT2D eigenvalue weighted by Gasteiger charge is -2.08. The van der Waals surface area contributed by atoms with Crippen LogP contribution in [0.4, 0.5) is 11.5 Å². The fourth-order valence-corrected chi connectivity index (χ4v) is 1.95. The Morgan fingerprint density at radius 1 is 1.29 bits per heavy atom. The molecule has 1 aromatic carbocycles. The van der Waals surface area contributed by atoms with Gasteiger partial charge in [0, 0.05) is 11.6 Å². The zero-order chi connectivity index (χ0) is 15.2. The number of aromatic nitrogens is 2. The normalized spacial score (nSPS) is 10.0. The van der Waals surface area contributed by atoms with Gasteiger partial charge in [-0.3, -0.25) is 4.79 Å². The smallest absolute Gasteiger partial charge is 0.271 e. The SMILES string of the molecule is C=CCNC(=O)c1cnc(Nc2ccc(Cl)cc2Cl)cn1. The average Bonchev–Trinajstić information content (AvgIpc) is 2.48. The molecule has 0 aliphatic rings. The molecule has 0 radical (unpaired) electrons. The Bertz CT molecular complexity index is 659. The van der Waals surface area contributed by atoms with Crippen molar-refractivity contribution in [2.75, 3.05) is 11.9 Å². The minimum atomic E-state index is -0.307. The van der Waals surface area contributed by atoms with E-state index in [0.717, 1.165) is 0 Å². The molecule has 1 amide bonds. The Hall–Kier alpha value is -2.11. The van der Waals surface area contributed by atoms with Crippen LogP contribution in [0.5, 0.6) is 0 Å². The van der Waals surface area contributed by atoms with E-state index >= 15 is 0 Å². The van der Waals surface area contributed by atoms with Gasteiger partial charge in [-0.2, -0.15) is 0 Å². The maximum Gasteiger partial charge on any atom is 0.271 e. The lowest BCUT2D eigenvalue weighted by Crippen LogP contribution is -2.24. The zero-order valence-corrected chi connectivity index (χ0v) is 12.4. The van der Waals surface area contributed by atoms with Crippen LogP contribution in [0.3, 0.4) is 0 Å². The number of amides is 1. The van der Waals surface area contributed by atoms with E-state index in [1.807, 2.05) is 0 Å². The number of anilines is 2. The first kappa shape index (κ1) is 15.3. The minimum Gasteiger partial charge on any atom is -0.347 e. The van der Waals surface area contributed by atoms with Crippen molar-refractivity contribution in [1.82, 2.24) is 15.3 Å². The number of hydrogen-bond acceptors (Lipinski definition) is 4. The molecule has 0 spiro atoms. The lowest BCUT2D eigenvalue weighted by molar-refractivity contribution is 0.0952. The Labute approximate surface area is 132 Å². The van der Waals surface area contributed by atoms with Crippen LogP contribution in [-0.2, 0) is 0 Å². The molecule has 0 bridgehead atoms. The van der Waals surface area contributed by atoms with Crippen molar-refractivity contribution in [2.45, 2.75) is 0 Å². The molecule has 1 aromatic heterocycles. The summed E-state index contributed by atoms with van der Waals surface area (Å²) in [7, 11) is 0. The highest BCUT2D eigenvalue weighted by molar-refractivity contribution is 6.36. The first-order chi connectivity index (χ1) is 10.1. The third-order valence-corrected chi connectivity index (χ3v) is 3.03. The van der Waals surface area contributed by atoms with Crippen LogP contribution < -0.4 is 10.6 Å². The topological polar surface area (TPSA) is 66.9 Å². The summed E-state index contributed by atoms with van der Waals surface area (Å²) >= 11 is 11.9. The molecule has 0 fully saturated rings. The van der Waals surface area contributed by atoms with E-state index < -0.39 is 0 Å². The van der Waals surface area contributed by atoms with Gasteiger partial charge in [0.25, 0.3) is 5.91 Å². The lowest BCUT2D eigenvalue weighted by atomic mass is 10.3. The van der Waals surface area contributed by atoms with Crippen LogP contribution in [0, 0.1) is 0 Å². The van der Waals surface area contributed by atoms with E-state index in [9.17, 15) is 4.79 Å². The number of benzene rings is 1. The van der Waals surface area contributed by atoms with Crippen molar-refractivity contribution in [3.8, 4) is 0 Å². The van der Waals surface area contributed by atoms with Gasteiger partial charge >= 0.3 is 0 Å². The molecule has 21 heavy (non-hydrogen) atoms. The van der Waals surface area contributed by atoms with E-state index in [1.165, 1.54) is 12.4 Å². The van der Waals surface area contributed by atoms with E-state index in [1.54, 1.807) is 24.3 Å². The second-order valence-electron chi connectivity index (χ2n) is 4.03. The van der Waals surface area contributed by atoms with Crippen molar-refractivity contribution >= 4 is 40.6 Å². The van der Waals surface area contributed by atoms with Crippen molar-refractivity contribution in [1.29, 1.82) is 0 Å². The fourth-order valence-electron chi connectivity index (χ4n) is 1.49. The van der Waals surface area contributed by atoms with Gasteiger partial charge in [-0.05, 0) is 18.2 Å². The first-order valence-corrected chi connectivity index (χ1v) is 6.79. The van der Waals surface area contributed by atoms with Gasteiger partial charge in [0.2, 0.25) is 0 Å². The molecule has 108 valence electrons. The fraction of sp³-hybridized carbons (Fsp3) is 0.0714. The first-order valence-electron chi connectivity index (χ1n) is 6.03. The Kier molecular flexibility index (Phi) is 5.14. The van der Waals surface area contributed by atoms with Crippen LogP contribution in [0.15, 0.2) is 43.2 Å². The predicted octanol–water partition coefficient (Wildman–Crippen LogP) is 3.44. The molecular weight excluding hydrogens is 311 g/mol. The largest absolute Gasteiger partial charge is 0.347 e. The Morgan fingerprint density at radius 3 is 2.71 bits per heavy atom. The molecule has 7 heteroatoms. The minimum absolute atomic E-state index is 0.226. The summed E-state index contributed by atoms with van der Waals surface area (Å²) in [6.45, 7) is 3.89. The summed E-state index contributed by atoms with van der Waals surface area (Å²) in [5.41, 5.74) is 0.879. The maximum absolute atomic E-state index is 11.6. The van der Waals surface area contributed by atoms with Crippen LogP contribution in [0.2, 0.25) is 10.0 Å². The molecule has 0 saturated heterocycles. The molecule has 0 unspecified atom stereocenters. The van der Waals surface area contributed by atoms with Crippen LogP contribution in [0.25, 0.3) is 0 Å². The second kappa shape index (κ2) is 7.06. The second-order valence-corrected chi connectivity index (χ2v) is 4.88.